The Morgan fingerprint density at radius 2 is 2.12 bits per heavy atom. The van der Waals surface area contributed by atoms with Crippen LogP contribution in [0.3, 0.4) is 0 Å². The average molecular weight is 323 g/mol. The normalized spacial score (nSPS) is 18.8. The van der Waals surface area contributed by atoms with Crippen molar-refractivity contribution in [3.63, 3.8) is 0 Å². The van der Waals surface area contributed by atoms with Crippen molar-refractivity contribution in [2.24, 2.45) is 0 Å². The van der Waals surface area contributed by atoms with Crippen molar-refractivity contribution in [1.29, 1.82) is 0 Å². The van der Waals surface area contributed by atoms with E-state index in [1.165, 1.54) is 18.4 Å². The molecule has 0 saturated carbocycles. The lowest BCUT2D eigenvalue weighted by molar-refractivity contribution is 0.111. The fourth-order valence-corrected chi connectivity index (χ4v) is 3.41. The van der Waals surface area contributed by atoms with Gasteiger partial charge in [0.1, 0.15) is 0 Å². The van der Waals surface area contributed by atoms with Crippen LogP contribution in [0.5, 0.6) is 0 Å². The highest BCUT2D eigenvalue weighted by Gasteiger charge is 2.29. The highest BCUT2D eigenvalue weighted by atomic mass is 16.5. The van der Waals surface area contributed by atoms with Crippen LogP contribution in [-0.4, -0.2) is 31.4 Å². The lowest BCUT2D eigenvalue weighted by Crippen LogP contribution is -2.33. The first-order chi connectivity index (χ1) is 11.8. The first-order valence-corrected chi connectivity index (χ1v) is 8.43. The fraction of sp³-hybridized carbons (Fsp3) is 0.389. The number of para-hydroxylation sites is 1. The van der Waals surface area contributed by atoms with Crippen molar-refractivity contribution < 1.29 is 4.52 Å². The van der Waals surface area contributed by atoms with Crippen molar-refractivity contribution >= 4 is 0 Å². The van der Waals surface area contributed by atoms with Crippen molar-refractivity contribution in [3.05, 3.63) is 60.0 Å². The lowest BCUT2D eigenvalue weighted by atomic mass is 10.0. The van der Waals surface area contributed by atoms with Gasteiger partial charge in [0.2, 0.25) is 5.89 Å². The predicted octanol–water partition coefficient (Wildman–Crippen LogP) is 3.29. The molecule has 2 aromatic heterocycles. The molecular formula is C18H21N5O. The molecule has 124 valence electrons. The summed E-state index contributed by atoms with van der Waals surface area (Å²) in [4.78, 5) is 6.90. The van der Waals surface area contributed by atoms with Gasteiger partial charge in [-0.1, -0.05) is 29.8 Å². The van der Waals surface area contributed by atoms with Crippen LogP contribution < -0.4 is 0 Å². The molecule has 6 nitrogen and oxygen atoms in total. The average Bonchev–Trinajstić information content (AvgIpc) is 3.28. The Morgan fingerprint density at radius 1 is 1.21 bits per heavy atom. The molecular weight excluding hydrogens is 302 g/mol. The maximum Gasteiger partial charge on any atom is 0.243 e. The summed E-state index contributed by atoms with van der Waals surface area (Å²) in [6, 6.07) is 10.6. The SMILES string of the molecule is Cc1noc([C@@H]2CCCCN2Cc2ccccc2-n2cccn2)n1. The lowest BCUT2D eigenvalue weighted by Gasteiger charge is -2.33. The molecule has 0 bridgehead atoms. The van der Waals surface area contributed by atoms with Gasteiger partial charge < -0.3 is 4.52 Å². The molecule has 0 radical (unpaired) electrons. The van der Waals surface area contributed by atoms with E-state index in [9.17, 15) is 0 Å². The molecule has 0 spiro atoms. The molecule has 0 unspecified atom stereocenters. The number of aryl methyl sites for hydroxylation is 1. The van der Waals surface area contributed by atoms with Crippen molar-refractivity contribution in [2.75, 3.05) is 6.54 Å². The van der Waals surface area contributed by atoms with Gasteiger partial charge in [-0.2, -0.15) is 10.1 Å². The summed E-state index contributed by atoms with van der Waals surface area (Å²) in [5.74, 6) is 1.44. The van der Waals surface area contributed by atoms with E-state index in [4.69, 9.17) is 4.52 Å². The summed E-state index contributed by atoms with van der Waals surface area (Å²) in [5, 5.41) is 8.34. The zero-order valence-corrected chi connectivity index (χ0v) is 13.8. The third-order valence-electron chi connectivity index (χ3n) is 4.56. The van der Waals surface area contributed by atoms with Crippen LogP contribution in [0, 0.1) is 6.92 Å². The Morgan fingerprint density at radius 3 is 2.92 bits per heavy atom. The molecule has 1 aliphatic rings. The number of likely N-dealkylation sites (tertiary alicyclic amines) is 1. The van der Waals surface area contributed by atoms with Crippen LogP contribution in [-0.2, 0) is 6.54 Å². The van der Waals surface area contributed by atoms with E-state index in [-0.39, 0.29) is 6.04 Å². The third-order valence-corrected chi connectivity index (χ3v) is 4.56. The highest BCUT2D eigenvalue weighted by Crippen LogP contribution is 2.32. The monoisotopic (exact) mass is 323 g/mol. The smallest absolute Gasteiger partial charge is 0.243 e. The molecule has 1 fully saturated rings. The topological polar surface area (TPSA) is 60.0 Å². The zero-order chi connectivity index (χ0) is 16.4. The second-order valence-corrected chi connectivity index (χ2v) is 6.24. The number of rotatable bonds is 4. The summed E-state index contributed by atoms with van der Waals surface area (Å²) >= 11 is 0. The Balaban J connectivity index is 1.62. The van der Waals surface area contributed by atoms with Crippen LogP contribution in [0.1, 0.15) is 42.6 Å². The largest absolute Gasteiger partial charge is 0.338 e. The van der Waals surface area contributed by atoms with Crippen LogP contribution in [0.15, 0.2) is 47.2 Å². The van der Waals surface area contributed by atoms with Crippen LogP contribution in [0.25, 0.3) is 5.69 Å². The minimum absolute atomic E-state index is 0.200. The second-order valence-electron chi connectivity index (χ2n) is 6.24. The maximum atomic E-state index is 5.45. The number of benzene rings is 1. The van der Waals surface area contributed by atoms with E-state index in [1.54, 1.807) is 0 Å². The molecule has 0 amide bonds. The maximum absolute atomic E-state index is 5.45. The quantitative estimate of drug-likeness (QED) is 0.737. The first-order valence-electron chi connectivity index (χ1n) is 8.43. The van der Waals surface area contributed by atoms with Gasteiger partial charge >= 0.3 is 0 Å². The minimum Gasteiger partial charge on any atom is -0.338 e. The summed E-state index contributed by atoms with van der Waals surface area (Å²) < 4.78 is 7.38. The summed E-state index contributed by atoms with van der Waals surface area (Å²) in [6.45, 7) is 3.76. The Hall–Kier alpha value is -2.47. The predicted molar refractivity (Wildman–Crippen MR) is 89.6 cm³/mol. The Bertz CT molecular complexity index is 795. The van der Waals surface area contributed by atoms with Crippen LogP contribution >= 0.6 is 0 Å². The number of aromatic nitrogens is 4. The van der Waals surface area contributed by atoms with Gasteiger partial charge in [-0.05, 0) is 44.0 Å². The van der Waals surface area contributed by atoms with Crippen molar-refractivity contribution in [3.8, 4) is 5.69 Å². The van der Waals surface area contributed by atoms with E-state index in [1.807, 2.05) is 30.1 Å². The van der Waals surface area contributed by atoms with Gasteiger partial charge in [-0.3, -0.25) is 4.90 Å². The number of nitrogens with zero attached hydrogens (tertiary/aromatic N) is 5. The number of hydrogen-bond donors (Lipinski definition) is 0. The van der Waals surface area contributed by atoms with Gasteiger partial charge in [-0.25, -0.2) is 4.68 Å². The van der Waals surface area contributed by atoms with Crippen LogP contribution in [0.2, 0.25) is 0 Å². The third kappa shape index (κ3) is 2.97. The number of hydrogen-bond acceptors (Lipinski definition) is 5. The zero-order valence-electron chi connectivity index (χ0n) is 13.8. The van der Waals surface area contributed by atoms with Crippen LogP contribution in [0.4, 0.5) is 0 Å². The highest BCUT2D eigenvalue weighted by molar-refractivity contribution is 5.40. The minimum atomic E-state index is 0.200. The molecule has 1 aliphatic heterocycles. The second kappa shape index (κ2) is 6.57. The van der Waals surface area contributed by atoms with E-state index in [0.717, 1.165) is 31.1 Å². The summed E-state index contributed by atoms with van der Waals surface area (Å²) in [5.41, 5.74) is 2.37. The molecule has 1 saturated heterocycles. The summed E-state index contributed by atoms with van der Waals surface area (Å²) in [7, 11) is 0. The number of piperidine rings is 1. The standard InChI is InChI=1S/C18H21N5O/c1-14-20-18(24-21-14)17-9-4-5-11-22(17)13-15-7-2-3-8-16(15)23-12-6-10-19-23/h2-3,6-8,10,12,17H,4-5,9,11,13H2,1H3/t17-/m0/s1. The molecule has 1 aromatic carbocycles. The van der Waals surface area contributed by atoms with Gasteiger partial charge in [-0.15, -0.1) is 0 Å². The van der Waals surface area contributed by atoms with E-state index >= 15 is 0 Å². The molecule has 0 N–H and O–H groups in total. The fourth-order valence-electron chi connectivity index (χ4n) is 3.41. The molecule has 3 aromatic rings. The molecule has 4 rings (SSSR count). The van der Waals surface area contributed by atoms with Gasteiger partial charge in [0, 0.05) is 18.9 Å². The van der Waals surface area contributed by atoms with Gasteiger partial charge in [0.25, 0.3) is 0 Å². The molecule has 6 heteroatoms. The molecule has 1 atom stereocenters. The van der Waals surface area contributed by atoms with Crippen molar-refractivity contribution in [1.82, 2.24) is 24.8 Å². The first kappa shape index (κ1) is 15.1. The Labute approximate surface area is 141 Å². The van der Waals surface area contributed by atoms with E-state index in [0.29, 0.717) is 5.82 Å². The van der Waals surface area contributed by atoms with Gasteiger partial charge in [0.15, 0.2) is 5.82 Å². The molecule has 3 heterocycles. The van der Waals surface area contributed by atoms with Gasteiger partial charge in [0.05, 0.1) is 11.7 Å². The summed E-state index contributed by atoms with van der Waals surface area (Å²) in [6.07, 6.45) is 7.25. The van der Waals surface area contributed by atoms with E-state index in [2.05, 4.69) is 44.4 Å². The molecule has 24 heavy (non-hydrogen) atoms. The van der Waals surface area contributed by atoms with E-state index < -0.39 is 0 Å². The Kier molecular flexibility index (Phi) is 4.13. The molecule has 0 aliphatic carbocycles. The van der Waals surface area contributed by atoms with Crippen molar-refractivity contribution in [2.45, 2.75) is 38.8 Å².